The standard InChI is InChI=1S/C18H20N4O5S2/c1-12-11-28-17(19-12)20-16(23)6-9-22-14-5-4-13(10-15(14)27-18(22)24)29(25,26)21-7-2-3-8-21/h4-5,10-11H,2-3,6-9H2,1H3,(H,19,20,23). The number of carbonyl (C=O) groups is 1. The highest BCUT2D eigenvalue weighted by Gasteiger charge is 2.28. The summed E-state index contributed by atoms with van der Waals surface area (Å²) in [7, 11) is -3.60. The molecule has 0 atom stereocenters. The van der Waals surface area contributed by atoms with Crippen molar-refractivity contribution < 1.29 is 17.6 Å². The lowest BCUT2D eigenvalue weighted by Crippen LogP contribution is -2.27. The smallest absolute Gasteiger partial charge is 0.408 e. The Hall–Kier alpha value is -2.50. The summed E-state index contributed by atoms with van der Waals surface area (Å²) in [6.45, 7) is 2.94. The van der Waals surface area contributed by atoms with Crippen molar-refractivity contribution in [1.29, 1.82) is 0 Å². The number of carbonyl (C=O) groups excluding carboxylic acids is 1. The number of nitrogens with one attached hydrogen (secondary N) is 1. The number of anilines is 1. The minimum Gasteiger partial charge on any atom is -0.408 e. The summed E-state index contributed by atoms with van der Waals surface area (Å²) >= 11 is 1.33. The lowest BCUT2D eigenvalue weighted by Gasteiger charge is -2.15. The molecule has 0 saturated carbocycles. The maximum absolute atomic E-state index is 12.7. The van der Waals surface area contributed by atoms with Crippen molar-refractivity contribution in [3.63, 3.8) is 0 Å². The van der Waals surface area contributed by atoms with Crippen LogP contribution in [0, 0.1) is 6.92 Å². The quantitative estimate of drug-likeness (QED) is 0.633. The molecule has 0 radical (unpaired) electrons. The summed E-state index contributed by atoms with van der Waals surface area (Å²) in [6, 6.07) is 4.39. The lowest BCUT2D eigenvalue weighted by molar-refractivity contribution is -0.116. The van der Waals surface area contributed by atoms with Crippen LogP contribution in [0.2, 0.25) is 0 Å². The van der Waals surface area contributed by atoms with Crippen LogP contribution in [-0.4, -0.2) is 41.3 Å². The van der Waals surface area contributed by atoms with Gasteiger partial charge in [0.15, 0.2) is 10.7 Å². The molecular formula is C18H20N4O5S2. The van der Waals surface area contributed by atoms with E-state index in [-0.39, 0.29) is 29.4 Å². The molecule has 1 N–H and O–H groups in total. The van der Waals surface area contributed by atoms with E-state index in [0.717, 1.165) is 18.5 Å². The fraction of sp³-hybridized carbons (Fsp3) is 0.389. The number of oxazole rings is 1. The van der Waals surface area contributed by atoms with Crippen LogP contribution in [0.25, 0.3) is 11.1 Å². The van der Waals surface area contributed by atoms with E-state index in [1.165, 1.54) is 32.3 Å². The Kier molecular flexibility index (Phi) is 5.28. The zero-order valence-electron chi connectivity index (χ0n) is 15.8. The van der Waals surface area contributed by atoms with Crippen molar-refractivity contribution in [3.8, 4) is 0 Å². The third kappa shape index (κ3) is 3.98. The van der Waals surface area contributed by atoms with Gasteiger partial charge in [0.1, 0.15) is 0 Å². The van der Waals surface area contributed by atoms with Gasteiger partial charge in [-0.2, -0.15) is 4.31 Å². The fourth-order valence-electron chi connectivity index (χ4n) is 3.30. The molecule has 154 valence electrons. The molecule has 0 aliphatic carbocycles. The highest BCUT2D eigenvalue weighted by Crippen LogP contribution is 2.24. The first-order valence-corrected chi connectivity index (χ1v) is 11.5. The third-order valence-electron chi connectivity index (χ3n) is 4.77. The van der Waals surface area contributed by atoms with Gasteiger partial charge in [-0.3, -0.25) is 9.36 Å². The molecule has 1 saturated heterocycles. The van der Waals surface area contributed by atoms with E-state index in [1.54, 1.807) is 6.07 Å². The van der Waals surface area contributed by atoms with Crippen LogP contribution in [0.1, 0.15) is 25.0 Å². The zero-order valence-corrected chi connectivity index (χ0v) is 17.4. The van der Waals surface area contributed by atoms with Gasteiger partial charge in [0.05, 0.1) is 16.1 Å². The normalized spacial score (nSPS) is 15.2. The van der Waals surface area contributed by atoms with Crippen LogP contribution >= 0.6 is 11.3 Å². The number of hydrogen-bond acceptors (Lipinski definition) is 7. The second-order valence-electron chi connectivity index (χ2n) is 6.85. The van der Waals surface area contributed by atoms with Crippen molar-refractivity contribution in [2.45, 2.75) is 37.6 Å². The molecule has 0 spiro atoms. The topological polar surface area (TPSA) is 115 Å². The van der Waals surface area contributed by atoms with Crippen LogP contribution in [0.4, 0.5) is 5.13 Å². The molecule has 0 unspecified atom stereocenters. The lowest BCUT2D eigenvalue weighted by atomic mass is 10.3. The van der Waals surface area contributed by atoms with Crippen molar-refractivity contribution in [1.82, 2.24) is 13.9 Å². The molecule has 29 heavy (non-hydrogen) atoms. The number of benzene rings is 1. The maximum atomic E-state index is 12.7. The number of hydrogen-bond donors (Lipinski definition) is 1. The van der Waals surface area contributed by atoms with Gasteiger partial charge in [-0.15, -0.1) is 11.3 Å². The second-order valence-corrected chi connectivity index (χ2v) is 9.65. The van der Waals surface area contributed by atoms with Gasteiger partial charge in [-0.25, -0.2) is 18.2 Å². The maximum Gasteiger partial charge on any atom is 0.419 e. The number of thiazole rings is 1. The molecule has 0 bridgehead atoms. The predicted octanol–water partition coefficient (Wildman–Crippen LogP) is 2.17. The van der Waals surface area contributed by atoms with Crippen LogP contribution in [0.15, 0.2) is 37.7 Å². The minimum atomic E-state index is -3.60. The van der Waals surface area contributed by atoms with Crippen LogP contribution < -0.4 is 11.1 Å². The van der Waals surface area contributed by atoms with E-state index in [2.05, 4.69) is 10.3 Å². The Morgan fingerprint density at radius 1 is 1.31 bits per heavy atom. The van der Waals surface area contributed by atoms with Crippen LogP contribution in [-0.2, 0) is 21.4 Å². The molecule has 1 aliphatic rings. The van der Waals surface area contributed by atoms with E-state index >= 15 is 0 Å². The average molecular weight is 437 g/mol. The summed E-state index contributed by atoms with van der Waals surface area (Å²) in [5, 5.41) is 5.03. The van der Waals surface area contributed by atoms with Crippen molar-refractivity contribution in [2.24, 2.45) is 0 Å². The SMILES string of the molecule is Cc1csc(NC(=O)CCn2c(=O)oc3cc(S(=O)(=O)N4CCCC4)ccc32)n1. The van der Waals surface area contributed by atoms with E-state index in [0.29, 0.717) is 23.7 Å². The molecule has 9 nitrogen and oxygen atoms in total. The fourth-order valence-corrected chi connectivity index (χ4v) is 5.54. The van der Waals surface area contributed by atoms with E-state index in [1.807, 2.05) is 12.3 Å². The van der Waals surface area contributed by atoms with Crippen molar-refractivity contribution in [3.05, 3.63) is 39.8 Å². The van der Waals surface area contributed by atoms with Gasteiger partial charge < -0.3 is 9.73 Å². The van der Waals surface area contributed by atoms with Gasteiger partial charge in [0.25, 0.3) is 0 Å². The number of amides is 1. The number of aromatic nitrogens is 2. The molecular weight excluding hydrogens is 416 g/mol. The second kappa shape index (κ2) is 7.73. The van der Waals surface area contributed by atoms with E-state index < -0.39 is 15.8 Å². The van der Waals surface area contributed by atoms with Crippen LogP contribution in [0.3, 0.4) is 0 Å². The molecule has 2 aromatic heterocycles. The number of sulfonamides is 1. The molecule has 3 aromatic rings. The number of fused-ring (bicyclic) bond motifs is 1. The first-order chi connectivity index (χ1) is 13.8. The Morgan fingerprint density at radius 2 is 2.07 bits per heavy atom. The largest absolute Gasteiger partial charge is 0.419 e. The molecule has 1 aromatic carbocycles. The summed E-state index contributed by atoms with van der Waals surface area (Å²) in [4.78, 5) is 28.6. The Balaban J connectivity index is 1.52. The third-order valence-corrected chi connectivity index (χ3v) is 7.54. The van der Waals surface area contributed by atoms with E-state index in [4.69, 9.17) is 4.42 Å². The molecule has 1 aliphatic heterocycles. The molecule has 1 fully saturated rings. The van der Waals surface area contributed by atoms with Gasteiger partial charge in [0.2, 0.25) is 15.9 Å². The molecule has 3 heterocycles. The minimum absolute atomic E-state index is 0.0565. The molecule has 1 amide bonds. The molecule has 11 heteroatoms. The van der Waals surface area contributed by atoms with E-state index in [9.17, 15) is 18.0 Å². The molecule has 4 rings (SSSR count). The average Bonchev–Trinajstić information content (AvgIpc) is 3.40. The number of aryl methyl sites for hydroxylation is 2. The highest BCUT2D eigenvalue weighted by atomic mass is 32.2. The number of rotatable bonds is 6. The first-order valence-electron chi connectivity index (χ1n) is 9.20. The first kappa shape index (κ1) is 19.8. The van der Waals surface area contributed by atoms with Crippen molar-refractivity contribution >= 4 is 43.5 Å². The van der Waals surface area contributed by atoms with Gasteiger partial charge in [-0.1, -0.05) is 0 Å². The van der Waals surface area contributed by atoms with Crippen molar-refractivity contribution in [2.75, 3.05) is 18.4 Å². The summed E-state index contributed by atoms with van der Waals surface area (Å²) in [6.07, 6.45) is 1.74. The van der Waals surface area contributed by atoms with Gasteiger partial charge in [-0.05, 0) is 31.9 Å². The highest BCUT2D eigenvalue weighted by molar-refractivity contribution is 7.89. The Labute approximate surface area is 171 Å². The predicted molar refractivity (Wildman–Crippen MR) is 109 cm³/mol. The Bertz CT molecular complexity index is 1220. The van der Waals surface area contributed by atoms with Gasteiger partial charge in [0, 0.05) is 37.5 Å². The summed E-state index contributed by atoms with van der Waals surface area (Å²) in [5.41, 5.74) is 1.46. The monoisotopic (exact) mass is 436 g/mol. The number of nitrogens with zero attached hydrogens (tertiary/aromatic N) is 3. The summed E-state index contributed by atoms with van der Waals surface area (Å²) in [5.74, 6) is -0.901. The zero-order chi connectivity index (χ0) is 20.6. The van der Waals surface area contributed by atoms with Crippen LogP contribution in [0.5, 0.6) is 0 Å². The van der Waals surface area contributed by atoms with Gasteiger partial charge >= 0.3 is 5.76 Å². The Morgan fingerprint density at radius 3 is 2.76 bits per heavy atom. The summed E-state index contributed by atoms with van der Waals surface area (Å²) < 4.78 is 33.4.